The van der Waals surface area contributed by atoms with Gasteiger partial charge in [0.1, 0.15) is 0 Å². The number of benzene rings is 1. The van der Waals surface area contributed by atoms with Gasteiger partial charge in [-0.3, -0.25) is 4.79 Å². The van der Waals surface area contributed by atoms with Gasteiger partial charge >= 0.3 is 0 Å². The van der Waals surface area contributed by atoms with Crippen molar-refractivity contribution in [1.29, 1.82) is 0 Å². The topological polar surface area (TPSA) is 40.5 Å². The van der Waals surface area contributed by atoms with E-state index in [1.54, 1.807) is 0 Å². The number of nitrogens with zero attached hydrogens (tertiary/aromatic N) is 1. The highest BCUT2D eigenvalue weighted by atomic mass is 16.3. The Labute approximate surface area is 109 Å². The molecule has 1 rings (SSSR count). The smallest absolute Gasteiger partial charge is 0.162 e. The number of hydrogen-bond donors (Lipinski definition) is 1. The van der Waals surface area contributed by atoms with Gasteiger partial charge in [-0.15, -0.1) is 0 Å². The summed E-state index contributed by atoms with van der Waals surface area (Å²) in [5.74, 6) is 0.216. The Hall–Kier alpha value is -1.19. The fourth-order valence-electron chi connectivity index (χ4n) is 1.95. The maximum Gasteiger partial charge on any atom is 0.162 e. The number of carbonyl (C=O) groups excluding carboxylic acids is 1. The summed E-state index contributed by atoms with van der Waals surface area (Å²) in [7, 11) is 0. The Morgan fingerprint density at radius 3 is 2.44 bits per heavy atom. The van der Waals surface area contributed by atoms with E-state index in [9.17, 15) is 4.79 Å². The maximum absolute atomic E-state index is 11.9. The van der Waals surface area contributed by atoms with Crippen LogP contribution in [-0.2, 0) is 0 Å². The molecule has 0 saturated heterocycles. The van der Waals surface area contributed by atoms with Crippen molar-refractivity contribution in [1.82, 2.24) is 4.90 Å². The molecule has 0 aromatic heterocycles. The third-order valence-electron chi connectivity index (χ3n) is 3.05. The van der Waals surface area contributed by atoms with E-state index < -0.39 is 0 Å². The Bertz CT molecular complexity index is 338. The Morgan fingerprint density at radius 1 is 1.17 bits per heavy atom. The third-order valence-corrected chi connectivity index (χ3v) is 3.05. The van der Waals surface area contributed by atoms with Gasteiger partial charge in [0.05, 0.1) is 0 Å². The Balaban J connectivity index is 2.26. The lowest BCUT2D eigenvalue weighted by atomic mass is 10.1. The van der Waals surface area contributed by atoms with E-state index in [1.165, 1.54) is 0 Å². The first kappa shape index (κ1) is 14.9. The van der Waals surface area contributed by atoms with Gasteiger partial charge in [-0.25, -0.2) is 0 Å². The summed E-state index contributed by atoms with van der Waals surface area (Å²) in [4.78, 5) is 14.1. The highest BCUT2D eigenvalue weighted by molar-refractivity contribution is 5.95. The zero-order valence-electron chi connectivity index (χ0n) is 11.1. The Morgan fingerprint density at radius 2 is 1.83 bits per heavy atom. The van der Waals surface area contributed by atoms with Crippen LogP contribution in [0, 0.1) is 0 Å². The fraction of sp³-hybridized carbons (Fsp3) is 0.533. The third kappa shape index (κ3) is 5.43. The molecule has 0 radical (unpaired) electrons. The van der Waals surface area contributed by atoms with Gasteiger partial charge in [0.25, 0.3) is 0 Å². The molecule has 1 aromatic carbocycles. The summed E-state index contributed by atoms with van der Waals surface area (Å²) in [6, 6.07) is 9.45. The summed E-state index contributed by atoms with van der Waals surface area (Å²) in [5, 5.41) is 8.79. The van der Waals surface area contributed by atoms with Crippen LogP contribution >= 0.6 is 0 Å². The molecule has 0 bridgehead atoms. The summed E-state index contributed by atoms with van der Waals surface area (Å²) in [6.45, 7) is 5.15. The van der Waals surface area contributed by atoms with Gasteiger partial charge in [-0.05, 0) is 25.9 Å². The summed E-state index contributed by atoms with van der Waals surface area (Å²) < 4.78 is 0. The Kier molecular flexibility index (Phi) is 7.30. The first-order chi connectivity index (χ1) is 8.77. The second-order valence-electron chi connectivity index (χ2n) is 4.40. The lowest BCUT2D eigenvalue weighted by Gasteiger charge is -2.19. The standard InChI is InChI=1S/C15H23NO2/c1-2-16(12-7-13-17)11-6-10-15(18)14-8-4-3-5-9-14/h3-5,8-9,17H,2,6-7,10-13H2,1H3. The number of Topliss-reactive ketones (excluding diaryl/α,β-unsaturated/α-hetero) is 1. The monoisotopic (exact) mass is 249 g/mol. The van der Waals surface area contributed by atoms with Crippen molar-refractivity contribution in [2.24, 2.45) is 0 Å². The summed E-state index contributed by atoms with van der Waals surface area (Å²) >= 11 is 0. The number of ketones is 1. The lowest BCUT2D eigenvalue weighted by Crippen LogP contribution is -2.26. The minimum absolute atomic E-state index is 0.216. The molecule has 100 valence electrons. The van der Waals surface area contributed by atoms with Crippen LogP contribution in [-0.4, -0.2) is 42.0 Å². The van der Waals surface area contributed by atoms with Gasteiger partial charge in [-0.2, -0.15) is 0 Å². The van der Waals surface area contributed by atoms with Crippen LogP contribution in [0.2, 0.25) is 0 Å². The highest BCUT2D eigenvalue weighted by Gasteiger charge is 2.06. The number of aliphatic hydroxyl groups excluding tert-OH is 1. The van der Waals surface area contributed by atoms with Gasteiger partial charge in [-0.1, -0.05) is 37.3 Å². The lowest BCUT2D eigenvalue weighted by molar-refractivity contribution is 0.0974. The molecule has 3 nitrogen and oxygen atoms in total. The number of carbonyl (C=O) groups is 1. The van der Waals surface area contributed by atoms with Crippen LogP contribution in [0.15, 0.2) is 30.3 Å². The summed E-state index contributed by atoms with van der Waals surface area (Å²) in [5.41, 5.74) is 0.802. The largest absolute Gasteiger partial charge is 0.396 e. The van der Waals surface area contributed by atoms with E-state index >= 15 is 0 Å². The zero-order chi connectivity index (χ0) is 13.2. The molecule has 0 atom stereocenters. The first-order valence-electron chi connectivity index (χ1n) is 6.69. The van der Waals surface area contributed by atoms with Crippen LogP contribution in [0.3, 0.4) is 0 Å². The molecule has 0 fully saturated rings. The minimum Gasteiger partial charge on any atom is -0.396 e. The molecule has 18 heavy (non-hydrogen) atoms. The predicted molar refractivity (Wildman–Crippen MR) is 73.8 cm³/mol. The molecule has 0 aliphatic rings. The highest BCUT2D eigenvalue weighted by Crippen LogP contribution is 2.06. The first-order valence-corrected chi connectivity index (χ1v) is 6.69. The normalized spacial score (nSPS) is 10.8. The number of hydrogen-bond acceptors (Lipinski definition) is 3. The van der Waals surface area contributed by atoms with Crippen LogP contribution in [0.4, 0.5) is 0 Å². The predicted octanol–water partition coefficient (Wildman–Crippen LogP) is 2.35. The van der Waals surface area contributed by atoms with E-state index in [0.717, 1.165) is 38.0 Å². The maximum atomic E-state index is 11.9. The van der Waals surface area contributed by atoms with Gasteiger partial charge in [0, 0.05) is 25.1 Å². The van der Waals surface area contributed by atoms with E-state index in [-0.39, 0.29) is 12.4 Å². The van der Waals surface area contributed by atoms with Crippen molar-refractivity contribution in [2.75, 3.05) is 26.2 Å². The van der Waals surface area contributed by atoms with Gasteiger partial charge in [0.2, 0.25) is 0 Å². The number of rotatable bonds is 9. The molecule has 0 amide bonds. The van der Waals surface area contributed by atoms with E-state index in [0.29, 0.717) is 6.42 Å². The van der Waals surface area contributed by atoms with E-state index in [1.807, 2.05) is 30.3 Å². The van der Waals surface area contributed by atoms with Crippen molar-refractivity contribution in [3.05, 3.63) is 35.9 Å². The van der Waals surface area contributed by atoms with Crippen LogP contribution in [0.5, 0.6) is 0 Å². The van der Waals surface area contributed by atoms with Crippen LogP contribution in [0.25, 0.3) is 0 Å². The van der Waals surface area contributed by atoms with Crippen molar-refractivity contribution >= 4 is 5.78 Å². The molecule has 1 aromatic rings. The van der Waals surface area contributed by atoms with E-state index in [2.05, 4.69) is 11.8 Å². The van der Waals surface area contributed by atoms with Crippen molar-refractivity contribution in [2.45, 2.75) is 26.2 Å². The average Bonchev–Trinajstić information content (AvgIpc) is 2.43. The van der Waals surface area contributed by atoms with Gasteiger partial charge in [0.15, 0.2) is 5.78 Å². The molecular weight excluding hydrogens is 226 g/mol. The molecular formula is C15H23NO2. The molecule has 0 spiro atoms. The van der Waals surface area contributed by atoms with E-state index in [4.69, 9.17) is 5.11 Å². The number of aliphatic hydroxyl groups is 1. The molecule has 0 saturated carbocycles. The second-order valence-corrected chi connectivity index (χ2v) is 4.40. The molecule has 0 heterocycles. The second kappa shape index (κ2) is 8.84. The zero-order valence-corrected chi connectivity index (χ0v) is 11.1. The molecule has 1 N–H and O–H groups in total. The van der Waals surface area contributed by atoms with Crippen molar-refractivity contribution in [3.8, 4) is 0 Å². The minimum atomic E-state index is 0.216. The van der Waals surface area contributed by atoms with Crippen LogP contribution < -0.4 is 0 Å². The summed E-state index contributed by atoms with van der Waals surface area (Å²) in [6.07, 6.45) is 2.28. The van der Waals surface area contributed by atoms with Gasteiger partial charge < -0.3 is 10.0 Å². The molecule has 0 aliphatic carbocycles. The van der Waals surface area contributed by atoms with Crippen molar-refractivity contribution in [3.63, 3.8) is 0 Å². The molecule has 0 unspecified atom stereocenters. The fourth-order valence-corrected chi connectivity index (χ4v) is 1.95. The molecule has 3 heteroatoms. The average molecular weight is 249 g/mol. The molecule has 0 aliphatic heterocycles. The SMILES string of the molecule is CCN(CCCO)CCCC(=O)c1ccccc1. The van der Waals surface area contributed by atoms with Crippen LogP contribution in [0.1, 0.15) is 36.5 Å². The quantitative estimate of drug-likeness (QED) is 0.683. The van der Waals surface area contributed by atoms with Crippen molar-refractivity contribution < 1.29 is 9.90 Å².